The van der Waals surface area contributed by atoms with Gasteiger partial charge in [0.05, 0.1) is 25.4 Å². The van der Waals surface area contributed by atoms with Crippen LogP contribution in [0.15, 0.2) is 0 Å². The molecule has 9 heteroatoms. The van der Waals surface area contributed by atoms with Crippen LogP contribution in [-0.2, 0) is 10.9 Å². The lowest BCUT2D eigenvalue weighted by molar-refractivity contribution is -0.144. The van der Waals surface area contributed by atoms with Crippen molar-refractivity contribution in [2.45, 2.75) is 25.2 Å². The van der Waals surface area contributed by atoms with Crippen LogP contribution in [0.5, 0.6) is 0 Å². The Morgan fingerprint density at radius 1 is 1.56 bits per heavy atom. The quantitative estimate of drug-likeness (QED) is 0.882. The summed E-state index contributed by atoms with van der Waals surface area (Å²) < 4.78 is 45.8. The number of hydrogen-bond acceptors (Lipinski definition) is 6. The Balaban J connectivity index is 2.17. The number of morpholine rings is 1. The smallest absolute Gasteiger partial charge is 0.394 e. The fourth-order valence-electron chi connectivity index (χ4n) is 1.64. The molecule has 1 aromatic rings. The van der Waals surface area contributed by atoms with Gasteiger partial charge in [-0.25, -0.2) is 0 Å². The van der Waals surface area contributed by atoms with E-state index in [2.05, 4.69) is 9.36 Å². The Labute approximate surface area is 105 Å². The van der Waals surface area contributed by atoms with E-state index in [0.717, 1.165) is 0 Å². The van der Waals surface area contributed by atoms with Gasteiger partial charge in [-0.05, 0) is 6.92 Å². The highest BCUT2D eigenvalue weighted by Gasteiger charge is 2.37. The number of hydrogen-bond donors (Lipinski definition) is 1. The molecule has 0 bridgehead atoms. The van der Waals surface area contributed by atoms with E-state index in [0.29, 0.717) is 24.7 Å². The van der Waals surface area contributed by atoms with Gasteiger partial charge in [0.1, 0.15) is 0 Å². The van der Waals surface area contributed by atoms with Gasteiger partial charge in [0.15, 0.2) is 0 Å². The van der Waals surface area contributed by atoms with Crippen LogP contribution in [0, 0.1) is 0 Å². The van der Waals surface area contributed by atoms with Crippen molar-refractivity contribution in [2.24, 2.45) is 0 Å². The van der Waals surface area contributed by atoms with Crippen LogP contribution in [-0.4, -0.2) is 46.4 Å². The fraction of sp³-hybridized carbons (Fsp3) is 0.778. The normalized spacial score (nSPS) is 25.5. The van der Waals surface area contributed by atoms with Crippen LogP contribution in [0.4, 0.5) is 18.3 Å². The molecule has 0 aliphatic carbocycles. The molecule has 0 aromatic carbocycles. The van der Waals surface area contributed by atoms with Crippen LogP contribution in [0.2, 0.25) is 0 Å². The fourth-order valence-corrected chi connectivity index (χ4v) is 2.44. The van der Waals surface area contributed by atoms with Crippen molar-refractivity contribution in [2.75, 3.05) is 24.7 Å². The number of aliphatic hydroxyl groups is 1. The monoisotopic (exact) mass is 283 g/mol. The first-order chi connectivity index (χ1) is 8.41. The molecule has 2 atom stereocenters. The van der Waals surface area contributed by atoms with Crippen molar-refractivity contribution in [1.82, 2.24) is 9.36 Å². The number of nitrogens with zero attached hydrogens (tertiary/aromatic N) is 3. The van der Waals surface area contributed by atoms with E-state index >= 15 is 0 Å². The van der Waals surface area contributed by atoms with Crippen LogP contribution in [0.1, 0.15) is 12.7 Å². The summed E-state index contributed by atoms with van der Waals surface area (Å²) in [4.78, 5) is 5.17. The van der Waals surface area contributed by atoms with Crippen molar-refractivity contribution in [3.05, 3.63) is 5.82 Å². The third-order valence-electron chi connectivity index (χ3n) is 2.62. The summed E-state index contributed by atoms with van der Waals surface area (Å²) in [6, 6.07) is -0.0955. The summed E-state index contributed by atoms with van der Waals surface area (Å²) in [5, 5.41) is 9.22. The molecular weight excluding hydrogens is 271 g/mol. The number of aromatic nitrogens is 2. The molecule has 1 N–H and O–H groups in total. The van der Waals surface area contributed by atoms with Crippen molar-refractivity contribution >= 4 is 16.7 Å². The Morgan fingerprint density at radius 2 is 2.28 bits per heavy atom. The van der Waals surface area contributed by atoms with Gasteiger partial charge in [0.2, 0.25) is 11.0 Å². The number of halogens is 3. The van der Waals surface area contributed by atoms with Gasteiger partial charge >= 0.3 is 6.18 Å². The van der Waals surface area contributed by atoms with E-state index in [1.165, 1.54) is 0 Å². The van der Waals surface area contributed by atoms with Gasteiger partial charge in [-0.1, -0.05) is 0 Å². The van der Waals surface area contributed by atoms with Crippen molar-refractivity contribution < 1.29 is 23.0 Å². The maximum Gasteiger partial charge on any atom is 0.452 e. The minimum Gasteiger partial charge on any atom is -0.394 e. The van der Waals surface area contributed by atoms with E-state index < -0.39 is 18.1 Å². The molecule has 0 saturated carbocycles. The molecule has 5 nitrogen and oxygen atoms in total. The van der Waals surface area contributed by atoms with Gasteiger partial charge in [-0.2, -0.15) is 22.5 Å². The second-order valence-corrected chi connectivity index (χ2v) is 4.77. The predicted molar refractivity (Wildman–Crippen MR) is 58.5 cm³/mol. The van der Waals surface area contributed by atoms with Crippen LogP contribution < -0.4 is 4.90 Å². The molecule has 1 aromatic heterocycles. The van der Waals surface area contributed by atoms with Gasteiger partial charge in [-0.3, -0.25) is 0 Å². The highest BCUT2D eigenvalue weighted by atomic mass is 32.1. The zero-order chi connectivity index (χ0) is 13.3. The van der Waals surface area contributed by atoms with E-state index in [1.54, 1.807) is 4.90 Å². The zero-order valence-electron chi connectivity index (χ0n) is 9.52. The van der Waals surface area contributed by atoms with E-state index in [-0.39, 0.29) is 17.8 Å². The summed E-state index contributed by atoms with van der Waals surface area (Å²) in [5.74, 6) is -1.12. The number of rotatable bonds is 2. The average Bonchev–Trinajstić information content (AvgIpc) is 2.78. The largest absolute Gasteiger partial charge is 0.452 e. The SMILES string of the molecule is CC1COC(CO)CN1c1nc(C(F)(F)F)ns1. The van der Waals surface area contributed by atoms with Gasteiger partial charge < -0.3 is 14.7 Å². The summed E-state index contributed by atoms with van der Waals surface area (Å²) in [5.41, 5.74) is 0. The molecule has 0 amide bonds. The van der Waals surface area contributed by atoms with Crippen molar-refractivity contribution in [3.8, 4) is 0 Å². The predicted octanol–water partition coefficient (Wildman–Crippen LogP) is 1.14. The van der Waals surface area contributed by atoms with Crippen LogP contribution in [0.3, 0.4) is 0 Å². The minimum atomic E-state index is -4.53. The lowest BCUT2D eigenvalue weighted by atomic mass is 10.2. The van der Waals surface area contributed by atoms with E-state index in [4.69, 9.17) is 9.84 Å². The topological polar surface area (TPSA) is 58.5 Å². The summed E-state index contributed by atoms with van der Waals surface area (Å²) >= 11 is 0.707. The molecule has 0 spiro atoms. The summed E-state index contributed by atoms with van der Waals surface area (Å²) in [7, 11) is 0. The van der Waals surface area contributed by atoms with Gasteiger partial charge in [-0.15, -0.1) is 0 Å². The van der Waals surface area contributed by atoms with Crippen molar-refractivity contribution in [1.29, 1.82) is 0 Å². The lowest BCUT2D eigenvalue weighted by Crippen LogP contribution is -2.49. The number of aliphatic hydroxyl groups excluding tert-OH is 1. The zero-order valence-corrected chi connectivity index (χ0v) is 10.3. The maximum absolute atomic E-state index is 12.4. The van der Waals surface area contributed by atoms with E-state index in [1.807, 2.05) is 6.92 Å². The average molecular weight is 283 g/mol. The summed E-state index contributed by atoms with van der Waals surface area (Å²) in [6.07, 6.45) is -4.93. The lowest BCUT2D eigenvalue weighted by Gasteiger charge is -2.36. The van der Waals surface area contributed by atoms with E-state index in [9.17, 15) is 13.2 Å². The van der Waals surface area contributed by atoms with Crippen molar-refractivity contribution in [3.63, 3.8) is 0 Å². The minimum absolute atomic E-state index is 0.0955. The third-order valence-corrected chi connectivity index (χ3v) is 3.38. The van der Waals surface area contributed by atoms with Gasteiger partial charge in [0.25, 0.3) is 0 Å². The number of alkyl halides is 3. The molecule has 2 rings (SSSR count). The molecule has 18 heavy (non-hydrogen) atoms. The Bertz CT molecular complexity index is 412. The Kier molecular flexibility index (Phi) is 3.74. The molecule has 1 aliphatic heterocycles. The second-order valence-electron chi connectivity index (χ2n) is 4.04. The molecule has 1 saturated heterocycles. The first-order valence-corrected chi connectivity index (χ1v) is 6.09. The Hall–Kier alpha value is -0.930. The van der Waals surface area contributed by atoms with Gasteiger partial charge in [0, 0.05) is 18.1 Å². The highest BCUT2D eigenvalue weighted by molar-refractivity contribution is 7.09. The molecule has 1 fully saturated rings. The summed E-state index contributed by atoms with van der Waals surface area (Å²) in [6.45, 7) is 2.30. The highest BCUT2D eigenvalue weighted by Crippen LogP contribution is 2.31. The first-order valence-electron chi connectivity index (χ1n) is 5.32. The third kappa shape index (κ3) is 2.73. The second kappa shape index (κ2) is 4.98. The standard InChI is InChI=1S/C9H12F3N3O2S/c1-5-4-17-6(3-16)2-15(5)8-13-7(14-18-8)9(10,11)12/h5-6,16H,2-4H2,1H3. The number of anilines is 1. The molecule has 102 valence electrons. The molecule has 1 aliphatic rings. The number of ether oxygens (including phenoxy) is 1. The molecule has 0 radical (unpaired) electrons. The first kappa shape index (κ1) is 13.5. The molecule has 2 unspecified atom stereocenters. The molecular formula is C9H12F3N3O2S. The molecule has 2 heterocycles. The van der Waals surface area contributed by atoms with Crippen LogP contribution in [0.25, 0.3) is 0 Å². The van der Waals surface area contributed by atoms with Crippen LogP contribution >= 0.6 is 11.5 Å². The Morgan fingerprint density at radius 3 is 2.83 bits per heavy atom. The maximum atomic E-state index is 12.4.